The average molecular weight is 296 g/mol. The van der Waals surface area contributed by atoms with E-state index < -0.39 is 0 Å². The van der Waals surface area contributed by atoms with E-state index in [0.717, 1.165) is 53.4 Å². The predicted octanol–water partition coefficient (Wildman–Crippen LogP) is 3.37. The zero-order valence-corrected chi connectivity index (χ0v) is 14.0. The Bertz CT molecular complexity index is 644. The Labute approximate surface area is 133 Å². The Kier molecular flexibility index (Phi) is 2.04. The van der Waals surface area contributed by atoms with E-state index in [1.54, 1.807) is 16.8 Å². The van der Waals surface area contributed by atoms with Crippen LogP contribution in [0, 0.1) is 47.3 Å². The van der Waals surface area contributed by atoms with Crippen molar-refractivity contribution in [1.29, 1.82) is 0 Å². The van der Waals surface area contributed by atoms with Gasteiger partial charge in [0.25, 0.3) is 0 Å². The first-order valence-corrected chi connectivity index (χ1v) is 9.53. The number of piperidine rings is 1. The van der Waals surface area contributed by atoms with E-state index in [0.29, 0.717) is 0 Å². The molecule has 22 heavy (non-hydrogen) atoms. The minimum absolute atomic E-state index is 0.780. The van der Waals surface area contributed by atoms with Gasteiger partial charge in [-0.25, -0.2) is 0 Å². The molecule has 9 atom stereocenters. The van der Waals surface area contributed by atoms with Crippen LogP contribution in [0.4, 0.5) is 0 Å². The molecule has 2 nitrogen and oxygen atoms in total. The van der Waals surface area contributed by atoms with Gasteiger partial charge in [0.15, 0.2) is 0 Å². The fraction of sp³-hybridized carbons (Fsp3) is 0.800. The number of likely N-dealkylation sites (tertiary alicyclic amines) is 1. The molecular weight excluding hydrogens is 268 g/mol. The average Bonchev–Trinajstić information content (AvgIpc) is 2.47. The zero-order chi connectivity index (χ0) is 14.9. The molecule has 0 radical (unpaired) electrons. The second-order valence-corrected chi connectivity index (χ2v) is 9.36. The van der Waals surface area contributed by atoms with E-state index in [9.17, 15) is 0 Å². The van der Waals surface area contributed by atoms with Crippen LogP contribution in [-0.4, -0.2) is 17.5 Å². The van der Waals surface area contributed by atoms with Gasteiger partial charge in [-0.2, -0.15) is 0 Å². The van der Waals surface area contributed by atoms with E-state index in [1.807, 2.05) is 0 Å². The molecule has 3 saturated carbocycles. The topological polar surface area (TPSA) is 29.3 Å². The summed E-state index contributed by atoms with van der Waals surface area (Å²) < 4.78 is 0. The monoisotopic (exact) mass is 296 g/mol. The maximum Gasteiger partial charge on any atom is 0.0409 e. The fourth-order valence-corrected chi connectivity index (χ4v) is 7.59. The molecule has 6 aliphatic rings. The number of nitrogens with zero attached hydrogens (tertiary/aromatic N) is 1. The highest BCUT2D eigenvalue weighted by molar-refractivity contribution is 5.46. The fourth-order valence-electron chi connectivity index (χ4n) is 7.59. The number of hydrogen-bond acceptors (Lipinski definition) is 2. The summed E-state index contributed by atoms with van der Waals surface area (Å²) >= 11 is 0. The summed E-state index contributed by atoms with van der Waals surface area (Å²) in [6.45, 7) is 8.49. The molecule has 0 aromatic heterocycles. The van der Waals surface area contributed by atoms with Crippen LogP contribution in [0.25, 0.3) is 0 Å². The third-order valence-corrected chi connectivity index (χ3v) is 8.85. The van der Waals surface area contributed by atoms with Gasteiger partial charge in [0.2, 0.25) is 0 Å². The number of rotatable bonds is 1. The Morgan fingerprint density at radius 3 is 2.50 bits per heavy atom. The molecule has 1 heterocycles. The number of fused-ring (bicyclic) bond motifs is 8. The van der Waals surface area contributed by atoms with Gasteiger partial charge >= 0.3 is 0 Å². The summed E-state index contributed by atoms with van der Waals surface area (Å²) in [7, 11) is 0. The van der Waals surface area contributed by atoms with Crippen molar-refractivity contribution in [1.82, 2.24) is 4.90 Å². The second-order valence-electron chi connectivity index (χ2n) is 9.36. The summed E-state index contributed by atoms with van der Waals surface area (Å²) in [6, 6.07) is 0.836. The molecule has 5 aliphatic carbocycles. The van der Waals surface area contributed by atoms with Crippen LogP contribution >= 0.6 is 0 Å². The first-order valence-electron chi connectivity index (χ1n) is 9.53. The van der Waals surface area contributed by atoms with Crippen molar-refractivity contribution in [2.75, 3.05) is 6.54 Å². The second kappa shape index (κ2) is 3.60. The lowest BCUT2D eigenvalue weighted by Crippen LogP contribution is -2.77. The van der Waals surface area contributed by atoms with Crippen molar-refractivity contribution in [3.05, 3.63) is 22.5 Å². The highest BCUT2D eigenvalue weighted by atomic mass is 15.3. The summed E-state index contributed by atoms with van der Waals surface area (Å²) in [5, 5.41) is 0. The van der Waals surface area contributed by atoms with Gasteiger partial charge in [-0.15, -0.1) is 0 Å². The first kappa shape index (κ1) is 12.5. The molecule has 2 heteroatoms. The van der Waals surface area contributed by atoms with E-state index in [2.05, 4.69) is 25.7 Å². The number of nitrogens with two attached hydrogens (primary N) is 1. The van der Waals surface area contributed by atoms with Crippen molar-refractivity contribution < 1.29 is 0 Å². The van der Waals surface area contributed by atoms with Crippen molar-refractivity contribution in [3.63, 3.8) is 0 Å². The van der Waals surface area contributed by atoms with Crippen molar-refractivity contribution in [2.24, 2.45) is 53.1 Å². The van der Waals surface area contributed by atoms with Crippen LogP contribution in [0.2, 0.25) is 0 Å². The van der Waals surface area contributed by atoms with E-state index in [4.69, 9.17) is 5.73 Å². The lowest BCUT2D eigenvalue weighted by atomic mass is 9.40. The molecule has 6 rings (SSSR count). The molecule has 5 unspecified atom stereocenters. The van der Waals surface area contributed by atoms with Crippen molar-refractivity contribution >= 4 is 0 Å². The number of allylic oxidation sites excluding steroid dienone is 3. The Morgan fingerprint density at radius 2 is 1.68 bits per heavy atom. The standard InChI is InChI=1S/C20H28N2/c1-8-4-5-11-12(6-8)17-16(11)18(21)20(17)22-7-13-14-9(2)10(3)15(14)19(13)22/h8,11-17,19H,4-7,21H2,1-3H3/t8?,11-,12+,13+,14?,15?,16?,17?,19+/m0/s1. The Morgan fingerprint density at radius 1 is 0.909 bits per heavy atom. The minimum atomic E-state index is 0.780. The van der Waals surface area contributed by atoms with E-state index >= 15 is 0 Å². The lowest BCUT2D eigenvalue weighted by molar-refractivity contribution is -0.166. The molecular formula is C20H28N2. The van der Waals surface area contributed by atoms with Gasteiger partial charge in [0, 0.05) is 47.7 Å². The van der Waals surface area contributed by atoms with Crippen LogP contribution in [0.15, 0.2) is 22.5 Å². The predicted molar refractivity (Wildman–Crippen MR) is 87.5 cm³/mol. The molecule has 0 spiro atoms. The smallest absolute Gasteiger partial charge is 0.0409 e. The van der Waals surface area contributed by atoms with Gasteiger partial charge in [0.05, 0.1) is 0 Å². The van der Waals surface area contributed by atoms with Crippen LogP contribution < -0.4 is 5.73 Å². The van der Waals surface area contributed by atoms with Gasteiger partial charge in [0.1, 0.15) is 0 Å². The first-order chi connectivity index (χ1) is 10.6. The molecule has 4 fully saturated rings. The molecule has 118 valence electrons. The van der Waals surface area contributed by atoms with E-state index in [-0.39, 0.29) is 0 Å². The Hall–Kier alpha value is -0.920. The maximum absolute atomic E-state index is 6.58. The van der Waals surface area contributed by atoms with Gasteiger partial charge < -0.3 is 10.6 Å². The third-order valence-electron chi connectivity index (χ3n) is 8.85. The van der Waals surface area contributed by atoms with Crippen LogP contribution in [0.1, 0.15) is 40.0 Å². The molecule has 2 N–H and O–H groups in total. The summed E-state index contributed by atoms with van der Waals surface area (Å²) in [4.78, 5) is 2.76. The normalized spacial score (nSPS) is 57.2. The van der Waals surface area contributed by atoms with Crippen LogP contribution in [0.5, 0.6) is 0 Å². The summed E-state index contributed by atoms with van der Waals surface area (Å²) in [5.74, 6) is 7.31. The summed E-state index contributed by atoms with van der Waals surface area (Å²) in [5.41, 5.74) is 12.9. The van der Waals surface area contributed by atoms with E-state index in [1.165, 1.54) is 31.5 Å². The van der Waals surface area contributed by atoms with Gasteiger partial charge in [-0.1, -0.05) is 24.5 Å². The molecule has 0 bridgehead atoms. The summed E-state index contributed by atoms with van der Waals surface area (Å²) in [6.07, 6.45) is 4.35. The lowest BCUT2D eigenvalue weighted by Gasteiger charge is -2.75. The Balaban J connectivity index is 1.27. The molecule has 1 saturated heterocycles. The van der Waals surface area contributed by atoms with Gasteiger partial charge in [-0.3, -0.25) is 0 Å². The minimum Gasteiger partial charge on any atom is -0.400 e. The quantitative estimate of drug-likeness (QED) is 0.752. The molecule has 0 amide bonds. The maximum atomic E-state index is 6.58. The van der Waals surface area contributed by atoms with Gasteiger partial charge in [-0.05, 0) is 50.4 Å². The van der Waals surface area contributed by atoms with Crippen LogP contribution in [0.3, 0.4) is 0 Å². The van der Waals surface area contributed by atoms with Crippen molar-refractivity contribution in [2.45, 2.75) is 46.1 Å². The number of hydrogen-bond donors (Lipinski definition) is 1. The molecule has 1 aliphatic heterocycles. The molecule has 0 aromatic carbocycles. The highest BCUT2D eigenvalue weighted by Crippen LogP contribution is 2.70. The zero-order valence-electron chi connectivity index (χ0n) is 14.0. The highest BCUT2D eigenvalue weighted by Gasteiger charge is 2.69. The largest absolute Gasteiger partial charge is 0.400 e. The van der Waals surface area contributed by atoms with Crippen molar-refractivity contribution in [3.8, 4) is 0 Å². The molecule has 0 aromatic rings. The van der Waals surface area contributed by atoms with Crippen LogP contribution in [-0.2, 0) is 0 Å². The SMILES string of the molecule is CC1=C(C)C2C1[C@H]1CN(C3=C(N)C4C3[C@@H]3CC(C)CC[C@H]43)[C@@H]21. The third kappa shape index (κ3) is 1.08.